The standard InChI is InChI=1S/C16H22N6O2S/c1-9-8-10(2)22-14(17-9)20-16(21-22)25-11(3)13(23)19-15(24)18-12-6-4-5-7-12/h8,11-12H,4-7H2,1-3H3,(H2,18,19,23,24)/t11-/m0/s1. The quantitative estimate of drug-likeness (QED) is 0.807. The number of urea groups is 1. The van der Waals surface area contributed by atoms with Crippen molar-refractivity contribution in [2.24, 2.45) is 0 Å². The highest BCUT2D eigenvalue weighted by Crippen LogP contribution is 2.21. The first-order chi connectivity index (χ1) is 11.9. The molecule has 1 aliphatic rings. The van der Waals surface area contributed by atoms with Crippen LogP contribution in [0.3, 0.4) is 0 Å². The zero-order valence-electron chi connectivity index (χ0n) is 14.6. The van der Waals surface area contributed by atoms with Gasteiger partial charge in [-0.1, -0.05) is 24.6 Å². The van der Waals surface area contributed by atoms with Gasteiger partial charge in [0, 0.05) is 17.4 Å². The number of rotatable bonds is 4. The summed E-state index contributed by atoms with van der Waals surface area (Å²) in [5, 5.41) is 9.56. The minimum atomic E-state index is -0.492. The van der Waals surface area contributed by atoms with Crippen molar-refractivity contribution in [3.05, 3.63) is 17.5 Å². The lowest BCUT2D eigenvalue weighted by Gasteiger charge is -2.14. The lowest BCUT2D eigenvalue weighted by molar-refractivity contribution is -0.119. The Bertz CT molecular complexity index is 799. The van der Waals surface area contributed by atoms with Crippen molar-refractivity contribution in [3.8, 4) is 0 Å². The molecular weight excluding hydrogens is 340 g/mol. The van der Waals surface area contributed by atoms with Crippen LogP contribution in [0.15, 0.2) is 11.2 Å². The fourth-order valence-corrected chi connectivity index (χ4v) is 3.66. The molecule has 2 heterocycles. The average Bonchev–Trinajstić information content (AvgIpc) is 3.16. The highest BCUT2D eigenvalue weighted by Gasteiger charge is 2.22. The zero-order valence-corrected chi connectivity index (χ0v) is 15.4. The van der Waals surface area contributed by atoms with Gasteiger partial charge in [-0.25, -0.2) is 14.3 Å². The number of amides is 3. The van der Waals surface area contributed by atoms with Crippen LogP contribution in [-0.2, 0) is 4.79 Å². The Morgan fingerprint density at radius 1 is 1.28 bits per heavy atom. The molecule has 0 saturated heterocycles. The second kappa shape index (κ2) is 7.38. The summed E-state index contributed by atoms with van der Waals surface area (Å²) in [6, 6.07) is 1.66. The predicted octanol–water partition coefficient (Wildman–Crippen LogP) is 1.99. The molecule has 0 aliphatic heterocycles. The maximum absolute atomic E-state index is 12.2. The molecule has 1 aliphatic carbocycles. The average molecular weight is 362 g/mol. The van der Waals surface area contributed by atoms with Gasteiger partial charge in [-0.15, -0.1) is 5.10 Å². The number of hydrogen-bond acceptors (Lipinski definition) is 6. The van der Waals surface area contributed by atoms with E-state index < -0.39 is 11.3 Å². The van der Waals surface area contributed by atoms with Crippen molar-refractivity contribution in [2.45, 2.75) is 62.9 Å². The first-order valence-electron chi connectivity index (χ1n) is 8.41. The van der Waals surface area contributed by atoms with Crippen LogP contribution in [0.2, 0.25) is 0 Å². The molecule has 1 saturated carbocycles. The van der Waals surface area contributed by atoms with Gasteiger partial charge in [0.15, 0.2) is 0 Å². The maximum atomic E-state index is 12.2. The topological polar surface area (TPSA) is 101 Å². The molecule has 2 aromatic rings. The van der Waals surface area contributed by atoms with Gasteiger partial charge in [-0.2, -0.15) is 4.98 Å². The third-order valence-electron chi connectivity index (χ3n) is 4.18. The Labute approximate surface area is 150 Å². The molecular formula is C16H22N6O2S. The molecule has 2 N–H and O–H groups in total. The molecule has 3 rings (SSSR count). The first-order valence-corrected chi connectivity index (χ1v) is 9.29. The highest BCUT2D eigenvalue weighted by molar-refractivity contribution is 8.00. The zero-order chi connectivity index (χ0) is 18.0. The Kier molecular flexibility index (Phi) is 5.22. The van der Waals surface area contributed by atoms with E-state index in [1.165, 1.54) is 11.8 Å². The Morgan fingerprint density at radius 2 is 2.00 bits per heavy atom. The highest BCUT2D eigenvalue weighted by atomic mass is 32.2. The van der Waals surface area contributed by atoms with Gasteiger partial charge >= 0.3 is 6.03 Å². The maximum Gasteiger partial charge on any atom is 0.321 e. The fraction of sp³-hybridized carbons (Fsp3) is 0.562. The van der Waals surface area contributed by atoms with Crippen molar-refractivity contribution in [1.29, 1.82) is 0 Å². The van der Waals surface area contributed by atoms with Crippen LogP contribution >= 0.6 is 11.8 Å². The van der Waals surface area contributed by atoms with E-state index in [9.17, 15) is 9.59 Å². The van der Waals surface area contributed by atoms with Crippen LogP contribution in [0.1, 0.15) is 44.0 Å². The van der Waals surface area contributed by atoms with Crippen molar-refractivity contribution < 1.29 is 9.59 Å². The molecule has 2 aromatic heterocycles. The number of thioether (sulfide) groups is 1. The van der Waals surface area contributed by atoms with E-state index in [1.54, 1.807) is 11.4 Å². The molecule has 8 nitrogen and oxygen atoms in total. The second-order valence-corrected chi connectivity index (χ2v) is 7.66. The first kappa shape index (κ1) is 17.7. The Hall–Kier alpha value is -2.16. The molecule has 25 heavy (non-hydrogen) atoms. The summed E-state index contributed by atoms with van der Waals surface area (Å²) in [4.78, 5) is 32.8. The molecule has 1 atom stereocenters. The number of aryl methyl sites for hydroxylation is 2. The summed E-state index contributed by atoms with van der Waals surface area (Å²) < 4.78 is 1.65. The van der Waals surface area contributed by atoms with Gasteiger partial charge in [0.05, 0.1) is 5.25 Å². The third kappa shape index (κ3) is 4.28. The number of fused-ring (bicyclic) bond motifs is 1. The summed E-state index contributed by atoms with van der Waals surface area (Å²) in [5.74, 6) is 0.145. The SMILES string of the molecule is Cc1cc(C)n2nc(S[C@@H](C)C(=O)NC(=O)NC3CCCC3)nc2n1. The Morgan fingerprint density at radius 3 is 2.72 bits per heavy atom. The number of carbonyl (C=O) groups is 2. The number of aromatic nitrogens is 4. The van der Waals surface area contributed by atoms with Crippen LogP contribution in [0.25, 0.3) is 5.78 Å². The van der Waals surface area contributed by atoms with E-state index >= 15 is 0 Å². The number of hydrogen-bond donors (Lipinski definition) is 2. The monoisotopic (exact) mass is 362 g/mol. The molecule has 9 heteroatoms. The lowest BCUT2D eigenvalue weighted by Crippen LogP contribution is -2.45. The molecule has 0 aromatic carbocycles. The van der Waals surface area contributed by atoms with Gasteiger partial charge < -0.3 is 5.32 Å². The minimum absolute atomic E-state index is 0.174. The van der Waals surface area contributed by atoms with Gasteiger partial charge in [-0.05, 0) is 39.7 Å². The summed E-state index contributed by atoms with van der Waals surface area (Å²) in [6.45, 7) is 5.54. The van der Waals surface area contributed by atoms with Crippen molar-refractivity contribution >= 4 is 29.5 Å². The summed E-state index contributed by atoms with van der Waals surface area (Å²) in [7, 11) is 0. The van der Waals surface area contributed by atoms with Crippen molar-refractivity contribution in [3.63, 3.8) is 0 Å². The van der Waals surface area contributed by atoms with E-state index in [4.69, 9.17) is 0 Å². The number of nitrogens with zero attached hydrogens (tertiary/aromatic N) is 4. The van der Waals surface area contributed by atoms with E-state index in [0.29, 0.717) is 10.9 Å². The molecule has 134 valence electrons. The van der Waals surface area contributed by atoms with Crippen LogP contribution in [0, 0.1) is 13.8 Å². The van der Waals surface area contributed by atoms with Crippen LogP contribution in [0.4, 0.5) is 4.79 Å². The van der Waals surface area contributed by atoms with Gasteiger partial charge in [0.1, 0.15) is 0 Å². The Balaban J connectivity index is 1.59. The molecule has 0 radical (unpaired) electrons. The molecule has 0 bridgehead atoms. The molecule has 3 amide bonds. The van der Waals surface area contributed by atoms with E-state index in [2.05, 4.69) is 25.7 Å². The molecule has 1 fully saturated rings. The number of nitrogens with one attached hydrogen (secondary N) is 2. The third-order valence-corrected chi connectivity index (χ3v) is 5.13. The predicted molar refractivity (Wildman–Crippen MR) is 94.5 cm³/mol. The van der Waals surface area contributed by atoms with E-state index in [0.717, 1.165) is 37.1 Å². The number of imide groups is 1. The van der Waals surface area contributed by atoms with Crippen molar-refractivity contribution in [2.75, 3.05) is 0 Å². The minimum Gasteiger partial charge on any atom is -0.335 e. The summed E-state index contributed by atoms with van der Waals surface area (Å²) in [5.41, 5.74) is 1.79. The van der Waals surface area contributed by atoms with Crippen molar-refractivity contribution in [1.82, 2.24) is 30.2 Å². The van der Waals surface area contributed by atoms with Gasteiger partial charge in [0.2, 0.25) is 11.1 Å². The smallest absolute Gasteiger partial charge is 0.321 e. The lowest BCUT2D eigenvalue weighted by atomic mass is 10.2. The summed E-state index contributed by atoms with van der Waals surface area (Å²) in [6.07, 6.45) is 4.20. The van der Waals surface area contributed by atoms with Crippen LogP contribution < -0.4 is 10.6 Å². The second-order valence-electron chi connectivity index (χ2n) is 6.35. The molecule has 0 unspecified atom stereocenters. The van der Waals surface area contributed by atoms with Gasteiger partial charge in [0.25, 0.3) is 5.78 Å². The normalized spacial score (nSPS) is 16.1. The van der Waals surface area contributed by atoms with E-state index in [-0.39, 0.29) is 11.9 Å². The van der Waals surface area contributed by atoms with Gasteiger partial charge in [-0.3, -0.25) is 10.1 Å². The van der Waals surface area contributed by atoms with Crippen LogP contribution in [-0.4, -0.2) is 42.8 Å². The fourth-order valence-electron chi connectivity index (χ4n) is 2.91. The largest absolute Gasteiger partial charge is 0.335 e. The van der Waals surface area contributed by atoms with E-state index in [1.807, 2.05) is 19.9 Å². The molecule has 0 spiro atoms. The summed E-state index contributed by atoms with van der Waals surface area (Å²) >= 11 is 1.20. The van der Waals surface area contributed by atoms with Crippen LogP contribution in [0.5, 0.6) is 0 Å². The number of carbonyl (C=O) groups excluding carboxylic acids is 2.